The molecule has 1 aromatic rings. The van der Waals surface area contributed by atoms with Crippen LogP contribution in [0.3, 0.4) is 0 Å². The number of rotatable bonds is 5. The van der Waals surface area contributed by atoms with E-state index in [1.165, 1.54) is 6.07 Å². The molecule has 1 saturated heterocycles. The second kappa shape index (κ2) is 6.63. The molecule has 18 heavy (non-hydrogen) atoms. The second-order valence-electron chi connectivity index (χ2n) is 4.61. The third-order valence-corrected chi connectivity index (χ3v) is 3.00. The summed E-state index contributed by atoms with van der Waals surface area (Å²) >= 11 is 0. The maximum Gasteiger partial charge on any atom is 0.264 e. The summed E-state index contributed by atoms with van der Waals surface area (Å²) in [4.78, 5) is 13.3. The van der Waals surface area contributed by atoms with Gasteiger partial charge in [-0.25, -0.2) is 5.10 Å². The molecule has 0 aliphatic carbocycles. The van der Waals surface area contributed by atoms with Crippen molar-refractivity contribution in [1.82, 2.24) is 20.4 Å². The van der Waals surface area contributed by atoms with Crippen molar-refractivity contribution < 1.29 is 4.74 Å². The molecule has 1 aliphatic heterocycles. The molecule has 0 saturated carbocycles. The fraction of sp³-hybridized carbons (Fsp3) is 0.667. The van der Waals surface area contributed by atoms with Crippen molar-refractivity contribution in [2.75, 3.05) is 32.8 Å². The van der Waals surface area contributed by atoms with Crippen molar-refractivity contribution in [3.05, 3.63) is 28.2 Å². The Kier molecular flexibility index (Phi) is 4.86. The minimum atomic E-state index is -0.167. The Bertz CT molecular complexity index is 394. The summed E-state index contributed by atoms with van der Waals surface area (Å²) in [6, 6.07) is 3.63. The van der Waals surface area contributed by atoms with E-state index in [4.69, 9.17) is 4.74 Å². The monoisotopic (exact) mass is 252 g/mol. The smallest absolute Gasteiger partial charge is 0.264 e. The molecule has 1 fully saturated rings. The molecule has 1 aliphatic rings. The van der Waals surface area contributed by atoms with Gasteiger partial charge in [-0.1, -0.05) is 0 Å². The third kappa shape index (κ3) is 4.21. The molecule has 1 unspecified atom stereocenters. The van der Waals surface area contributed by atoms with Gasteiger partial charge in [0.1, 0.15) is 0 Å². The number of nitrogens with one attached hydrogen (secondary N) is 2. The van der Waals surface area contributed by atoms with E-state index in [1.54, 1.807) is 6.07 Å². The molecule has 2 heterocycles. The number of morpholine rings is 1. The minimum absolute atomic E-state index is 0.167. The maximum absolute atomic E-state index is 10.9. The predicted octanol–water partition coefficient (Wildman–Crippen LogP) is -0.420. The average molecular weight is 252 g/mol. The van der Waals surface area contributed by atoms with E-state index in [-0.39, 0.29) is 5.56 Å². The number of aromatic nitrogens is 2. The van der Waals surface area contributed by atoms with E-state index in [9.17, 15) is 4.79 Å². The molecule has 0 radical (unpaired) electrons. The summed E-state index contributed by atoms with van der Waals surface area (Å²) in [5, 5.41) is 9.79. The Morgan fingerprint density at radius 2 is 2.28 bits per heavy atom. The van der Waals surface area contributed by atoms with Gasteiger partial charge in [-0.3, -0.25) is 9.69 Å². The number of H-pyrrole nitrogens is 1. The SMILES string of the molecule is CC(CN1CCOCC1)NCc1ccc(=O)[nH]n1. The molecule has 0 amide bonds. The Morgan fingerprint density at radius 1 is 1.50 bits per heavy atom. The Labute approximate surface area is 106 Å². The average Bonchev–Trinajstić information content (AvgIpc) is 2.39. The van der Waals surface area contributed by atoms with Crippen LogP contribution >= 0.6 is 0 Å². The standard InChI is InChI=1S/C12H20N4O2/c1-10(9-16-4-6-18-7-5-16)13-8-11-2-3-12(17)15-14-11/h2-3,10,13H,4-9H2,1H3,(H,15,17). The van der Waals surface area contributed by atoms with Crippen LogP contribution in [0.1, 0.15) is 12.6 Å². The van der Waals surface area contributed by atoms with E-state index in [1.807, 2.05) is 0 Å². The number of hydrogen-bond donors (Lipinski definition) is 2. The maximum atomic E-state index is 10.9. The summed E-state index contributed by atoms with van der Waals surface area (Å²) in [5.74, 6) is 0. The number of nitrogens with zero attached hydrogens (tertiary/aromatic N) is 2. The van der Waals surface area contributed by atoms with Crippen LogP contribution in [0, 0.1) is 0 Å². The third-order valence-electron chi connectivity index (χ3n) is 3.00. The van der Waals surface area contributed by atoms with E-state index in [2.05, 4.69) is 27.3 Å². The first-order chi connectivity index (χ1) is 8.74. The van der Waals surface area contributed by atoms with Crippen molar-refractivity contribution in [2.24, 2.45) is 0 Å². The van der Waals surface area contributed by atoms with Gasteiger partial charge in [-0.2, -0.15) is 5.10 Å². The molecule has 2 rings (SSSR count). The zero-order valence-electron chi connectivity index (χ0n) is 10.7. The van der Waals surface area contributed by atoms with Gasteiger partial charge in [0.25, 0.3) is 5.56 Å². The van der Waals surface area contributed by atoms with Gasteiger partial charge >= 0.3 is 0 Å². The zero-order valence-corrected chi connectivity index (χ0v) is 10.7. The molecular weight excluding hydrogens is 232 g/mol. The molecule has 0 spiro atoms. The topological polar surface area (TPSA) is 70.2 Å². The summed E-state index contributed by atoms with van der Waals surface area (Å²) < 4.78 is 5.32. The highest BCUT2D eigenvalue weighted by atomic mass is 16.5. The van der Waals surface area contributed by atoms with Crippen LogP contribution in [-0.2, 0) is 11.3 Å². The van der Waals surface area contributed by atoms with Crippen LogP contribution in [0.4, 0.5) is 0 Å². The lowest BCUT2D eigenvalue weighted by atomic mass is 10.2. The predicted molar refractivity (Wildman–Crippen MR) is 68.4 cm³/mol. The van der Waals surface area contributed by atoms with Crippen molar-refractivity contribution in [1.29, 1.82) is 0 Å². The summed E-state index contributed by atoms with van der Waals surface area (Å²) in [6.45, 7) is 7.49. The number of aromatic amines is 1. The van der Waals surface area contributed by atoms with Gasteiger partial charge in [0.2, 0.25) is 0 Å². The molecule has 1 aromatic heterocycles. The van der Waals surface area contributed by atoms with Gasteiger partial charge in [0.05, 0.1) is 18.9 Å². The van der Waals surface area contributed by atoms with Crippen LogP contribution in [0.15, 0.2) is 16.9 Å². The number of ether oxygens (including phenoxy) is 1. The summed E-state index contributed by atoms with van der Waals surface area (Å²) in [6.07, 6.45) is 0. The quantitative estimate of drug-likeness (QED) is 0.745. The molecule has 2 N–H and O–H groups in total. The first-order valence-corrected chi connectivity index (χ1v) is 6.32. The van der Waals surface area contributed by atoms with Crippen LogP contribution in [0.25, 0.3) is 0 Å². The van der Waals surface area contributed by atoms with E-state index >= 15 is 0 Å². The van der Waals surface area contributed by atoms with Gasteiger partial charge in [-0.15, -0.1) is 0 Å². The van der Waals surface area contributed by atoms with Crippen molar-refractivity contribution >= 4 is 0 Å². The lowest BCUT2D eigenvalue weighted by Gasteiger charge is -2.29. The molecule has 100 valence electrons. The molecule has 1 atom stereocenters. The number of hydrogen-bond acceptors (Lipinski definition) is 5. The van der Waals surface area contributed by atoms with Gasteiger partial charge in [-0.05, 0) is 13.0 Å². The highest BCUT2D eigenvalue weighted by Crippen LogP contribution is 1.99. The Hall–Kier alpha value is -1.24. The molecular formula is C12H20N4O2. The second-order valence-corrected chi connectivity index (χ2v) is 4.61. The van der Waals surface area contributed by atoms with E-state index in [0.717, 1.165) is 38.5 Å². The molecule has 0 bridgehead atoms. The zero-order chi connectivity index (χ0) is 12.8. The minimum Gasteiger partial charge on any atom is -0.379 e. The van der Waals surface area contributed by atoms with Crippen LogP contribution in [0.5, 0.6) is 0 Å². The first-order valence-electron chi connectivity index (χ1n) is 6.32. The molecule has 6 nitrogen and oxygen atoms in total. The normalized spacial score (nSPS) is 18.7. The van der Waals surface area contributed by atoms with Crippen LogP contribution in [-0.4, -0.2) is 54.0 Å². The van der Waals surface area contributed by atoms with Gasteiger partial charge < -0.3 is 10.1 Å². The largest absolute Gasteiger partial charge is 0.379 e. The van der Waals surface area contributed by atoms with Crippen molar-refractivity contribution in [3.63, 3.8) is 0 Å². The van der Waals surface area contributed by atoms with E-state index < -0.39 is 0 Å². The van der Waals surface area contributed by atoms with Crippen LogP contribution < -0.4 is 10.9 Å². The Balaban J connectivity index is 1.72. The fourth-order valence-corrected chi connectivity index (χ4v) is 1.99. The fourth-order valence-electron chi connectivity index (χ4n) is 1.99. The highest BCUT2D eigenvalue weighted by molar-refractivity contribution is 4.99. The Morgan fingerprint density at radius 3 is 2.94 bits per heavy atom. The van der Waals surface area contributed by atoms with E-state index in [0.29, 0.717) is 12.6 Å². The summed E-state index contributed by atoms with van der Waals surface area (Å²) in [5.41, 5.74) is 0.684. The highest BCUT2D eigenvalue weighted by Gasteiger charge is 2.13. The first kappa shape index (κ1) is 13.2. The van der Waals surface area contributed by atoms with Crippen molar-refractivity contribution in [3.8, 4) is 0 Å². The lowest BCUT2D eigenvalue weighted by molar-refractivity contribution is 0.0343. The van der Waals surface area contributed by atoms with Crippen molar-refractivity contribution in [2.45, 2.75) is 19.5 Å². The lowest BCUT2D eigenvalue weighted by Crippen LogP contribution is -2.44. The molecule has 0 aromatic carbocycles. The van der Waals surface area contributed by atoms with Crippen LogP contribution in [0.2, 0.25) is 0 Å². The summed E-state index contributed by atoms with van der Waals surface area (Å²) in [7, 11) is 0. The van der Waals surface area contributed by atoms with Gasteiger partial charge in [0.15, 0.2) is 0 Å². The van der Waals surface area contributed by atoms with Gasteiger partial charge in [0, 0.05) is 38.3 Å². The molecule has 6 heteroatoms.